The Balaban J connectivity index is 1.49. The largest absolute Gasteiger partial charge is 0.382 e. The summed E-state index contributed by atoms with van der Waals surface area (Å²) in [6.45, 7) is 1.43. The lowest BCUT2D eigenvalue weighted by atomic mass is 10.2. The van der Waals surface area contributed by atoms with Crippen LogP contribution in [0.15, 0.2) is 60.9 Å². The number of rotatable bonds is 6. The highest BCUT2D eigenvalue weighted by atomic mass is 16.2. The smallest absolute Gasteiger partial charge is 0.321 e. The van der Waals surface area contributed by atoms with Crippen LogP contribution < -0.4 is 16.0 Å². The van der Waals surface area contributed by atoms with Crippen LogP contribution in [0.4, 0.5) is 16.3 Å². The number of hydrogen-bond donors (Lipinski definition) is 2. The number of aryl methyl sites for hydroxylation is 1. The van der Waals surface area contributed by atoms with E-state index in [4.69, 9.17) is 5.73 Å². The lowest BCUT2D eigenvalue weighted by molar-refractivity contribution is 0.248. The Morgan fingerprint density at radius 1 is 1.10 bits per heavy atom. The number of hydrogen-bond acceptors (Lipinski definition) is 4. The molecule has 4 rings (SSSR count). The third-order valence-electron chi connectivity index (χ3n) is 5.04. The maximum absolute atomic E-state index is 12.3. The SMILES string of the molecule is CNC(=O)N(CCCCn1cnc2c(N)nc3ccccc3c21)c1ccccc1. The zero-order chi connectivity index (χ0) is 20.2. The van der Waals surface area contributed by atoms with Gasteiger partial charge in [-0.1, -0.05) is 36.4 Å². The summed E-state index contributed by atoms with van der Waals surface area (Å²) in [6.07, 6.45) is 3.59. The van der Waals surface area contributed by atoms with Gasteiger partial charge in [-0.25, -0.2) is 14.8 Å². The first-order valence-corrected chi connectivity index (χ1v) is 9.72. The lowest BCUT2D eigenvalue weighted by Crippen LogP contribution is -2.38. The van der Waals surface area contributed by atoms with Gasteiger partial charge in [0, 0.05) is 31.2 Å². The van der Waals surface area contributed by atoms with E-state index >= 15 is 0 Å². The summed E-state index contributed by atoms with van der Waals surface area (Å²) in [4.78, 5) is 23.0. The average Bonchev–Trinajstić information content (AvgIpc) is 3.19. The molecule has 29 heavy (non-hydrogen) atoms. The number of fused-ring (bicyclic) bond motifs is 3. The minimum absolute atomic E-state index is 0.103. The molecule has 0 saturated carbocycles. The van der Waals surface area contributed by atoms with Crippen molar-refractivity contribution >= 4 is 39.5 Å². The number of nitrogen functional groups attached to an aromatic ring is 1. The third-order valence-corrected chi connectivity index (χ3v) is 5.04. The van der Waals surface area contributed by atoms with Crippen molar-refractivity contribution in [3.05, 3.63) is 60.9 Å². The highest BCUT2D eigenvalue weighted by Crippen LogP contribution is 2.27. The zero-order valence-electron chi connectivity index (χ0n) is 16.4. The molecule has 7 nitrogen and oxygen atoms in total. The van der Waals surface area contributed by atoms with Crippen LogP contribution in [0.3, 0.4) is 0 Å². The Hall–Kier alpha value is -3.61. The standard InChI is InChI=1S/C22H24N6O/c1-24-22(29)28(16-9-3-2-4-10-16)14-8-7-13-27-15-25-19-20(27)17-11-5-6-12-18(17)26-21(19)23/h2-6,9-12,15H,7-8,13-14H2,1H3,(H2,23,26)(H,24,29). The normalized spacial score (nSPS) is 11.1. The Morgan fingerprint density at radius 3 is 2.66 bits per heavy atom. The number of urea groups is 1. The number of anilines is 2. The van der Waals surface area contributed by atoms with E-state index in [0.29, 0.717) is 12.4 Å². The monoisotopic (exact) mass is 388 g/mol. The summed E-state index contributed by atoms with van der Waals surface area (Å²) in [7, 11) is 1.65. The second-order valence-electron chi connectivity index (χ2n) is 6.90. The van der Waals surface area contributed by atoms with Crippen LogP contribution in [0.1, 0.15) is 12.8 Å². The number of unbranched alkanes of at least 4 members (excludes halogenated alkanes) is 1. The molecule has 2 heterocycles. The molecule has 0 saturated heterocycles. The highest BCUT2D eigenvalue weighted by Gasteiger charge is 2.14. The number of carbonyl (C=O) groups excluding carboxylic acids is 1. The molecule has 2 aromatic heterocycles. The number of nitrogens with zero attached hydrogens (tertiary/aromatic N) is 4. The van der Waals surface area contributed by atoms with E-state index in [1.807, 2.05) is 60.9 Å². The van der Waals surface area contributed by atoms with Crippen LogP contribution in [0.2, 0.25) is 0 Å². The first-order valence-electron chi connectivity index (χ1n) is 9.72. The van der Waals surface area contributed by atoms with Crippen LogP contribution in [0, 0.1) is 0 Å². The molecule has 3 N–H and O–H groups in total. The fourth-order valence-corrected chi connectivity index (χ4v) is 3.62. The van der Waals surface area contributed by atoms with E-state index < -0.39 is 0 Å². The third kappa shape index (κ3) is 3.71. The van der Waals surface area contributed by atoms with Crippen molar-refractivity contribution < 1.29 is 4.79 Å². The number of benzene rings is 2. The predicted molar refractivity (Wildman–Crippen MR) is 117 cm³/mol. The number of para-hydroxylation sites is 2. The van der Waals surface area contributed by atoms with Gasteiger partial charge in [-0.05, 0) is 31.0 Å². The van der Waals surface area contributed by atoms with Crippen molar-refractivity contribution in [3.8, 4) is 0 Å². The van der Waals surface area contributed by atoms with E-state index in [1.54, 1.807) is 11.9 Å². The van der Waals surface area contributed by atoms with Crippen molar-refractivity contribution in [2.75, 3.05) is 24.2 Å². The maximum atomic E-state index is 12.3. The van der Waals surface area contributed by atoms with Gasteiger partial charge in [-0.2, -0.15) is 0 Å². The molecule has 148 valence electrons. The first-order chi connectivity index (χ1) is 14.2. The summed E-state index contributed by atoms with van der Waals surface area (Å²) < 4.78 is 2.13. The fourth-order valence-electron chi connectivity index (χ4n) is 3.62. The Kier molecular flexibility index (Phi) is 5.29. The van der Waals surface area contributed by atoms with Gasteiger partial charge in [0.25, 0.3) is 0 Å². The highest BCUT2D eigenvalue weighted by molar-refractivity contribution is 6.06. The van der Waals surface area contributed by atoms with E-state index in [2.05, 4.69) is 19.9 Å². The van der Waals surface area contributed by atoms with E-state index in [1.165, 1.54) is 0 Å². The molecule has 2 amide bonds. The molecule has 0 aliphatic heterocycles. The van der Waals surface area contributed by atoms with Gasteiger partial charge in [0.2, 0.25) is 0 Å². The van der Waals surface area contributed by atoms with E-state index in [9.17, 15) is 4.79 Å². The van der Waals surface area contributed by atoms with E-state index in [-0.39, 0.29) is 6.03 Å². The molecule has 0 aliphatic carbocycles. The minimum Gasteiger partial charge on any atom is -0.382 e. The van der Waals surface area contributed by atoms with Gasteiger partial charge in [-0.15, -0.1) is 0 Å². The van der Waals surface area contributed by atoms with E-state index in [0.717, 1.165) is 47.0 Å². The number of nitrogens with two attached hydrogens (primary N) is 1. The van der Waals surface area contributed by atoms with Crippen molar-refractivity contribution in [3.63, 3.8) is 0 Å². The average molecular weight is 388 g/mol. The Labute approximate surface area is 169 Å². The first kappa shape index (κ1) is 18.7. The van der Waals surface area contributed by atoms with Gasteiger partial charge >= 0.3 is 6.03 Å². The molecule has 0 spiro atoms. The number of nitrogens with one attached hydrogen (secondary N) is 1. The molecule has 0 aliphatic rings. The molecule has 4 aromatic rings. The summed E-state index contributed by atoms with van der Waals surface area (Å²) in [6, 6.07) is 17.6. The molecule has 2 aromatic carbocycles. The molecule has 7 heteroatoms. The summed E-state index contributed by atoms with van der Waals surface area (Å²) >= 11 is 0. The second-order valence-corrected chi connectivity index (χ2v) is 6.90. The number of amides is 2. The summed E-state index contributed by atoms with van der Waals surface area (Å²) in [5.74, 6) is 0.451. The summed E-state index contributed by atoms with van der Waals surface area (Å²) in [5, 5.41) is 3.77. The molecular formula is C22H24N6O. The Bertz CT molecular complexity index is 1140. The van der Waals surface area contributed by atoms with Crippen molar-refractivity contribution in [1.82, 2.24) is 19.9 Å². The fraction of sp³-hybridized carbons (Fsp3) is 0.227. The zero-order valence-corrected chi connectivity index (χ0v) is 16.4. The number of carbonyl (C=O) groups is 1. The molecular weight excluding hydrogens is 364 g/mol. The molecule has 0 unspecified atom stereocenters. The Morgan fingerprint density at radius 2 is 1.86 bits per heavy atom. The van der Waals surface area contributed by atoms with Gasteiger partial charge in [0.15, 0.2) is 5.82 Å². The quantitative estimate of drug-likeness (QED) is 0.492. The van der Waals surface area contributed by atoms with Crippen LogP contribution in [-0.4, -0.2) is 34.2 Å². The summed E-state index contributed by atoms with van der Waals surface area (Å²) in [5.41, 5.74) is 9.62. The van der Waals surface area contributed by atoms with Crippen LogP contribution in [0.25, 0.3) is 21.9 Å². The lowest BCUT2D eigenvalue weighted by Gasteiger charge is -2.22. The second kappa shape index (κ2) is 8.18. The maximum Gasteiger partial charge on any atom is 0.321 e. The van der Waals surface area contributed by atoms with Crippen molar-refractivity contribution in [1.29, 1.82) is 0 Å². The van der Waals surface area contributed by atoms with Gasteiger partial charge in [-0.3, -0.25) is 4.90 Å². The van der Waals surface area contributed by atoms with Gasteiger partial charge in [0.1, 0.15) is 5.52 Å². The molecule has 0 bridgehead atoms. The number of aromatic nitrogens is 3. The number of pyridine rings is 1. The minimum atomic E-state index is -0.103. The van der Waals surface area contributed by atoms with Gasteiger partial charge < -0.3 is 15.6 Å². The molecule has 0 radical (unpaired) electrons. The molecule has 0 atom stereocenters. The van der Waals surface area contributed by atoms with Crippen LogP contribution in [0.5, 0.6) is 0 Å². The molecule has 0 fully saturated rings. The van der Waals surface area contributed by atoms with Crippen LogP contribution >= 0.6 is 0 Å². The topological polar surface area (TPSA) is 89.1 Å². The number of imidazole rings is 1. The predicted octanol–water partition coefficient (Wildman–Crippen LogP) is 3.79. The van der Waals surface area contributed by atoms with Gasteiger partial charge in [0.05, 0.1) is 17.4 Å². The van der Waals surface area contributed by atoms with Crippen LogP contribution in [-0.2, 0) is 6.54 Å². The van der Waals surface area contributed by atoms with Crippen molar-refractivity contribution in [2.45, 2.75) is 19.4 Å². The van der Waals surface area contributed by atoms with Crippen molar-refractivity contribution in [2.24, 2.45) is 0 Å².